The lowest BCUT2D eigenvalue weighted by atomic mass is 9.95. The first-order valence-corrected chi connectivity index (χ1v) is 23.0. The number of hydrogen-bond donors (Lipinski definition) is 0. The van der Waals surface area contributed by atoms with E-state index in [4.69, 9.17) is 0 Å². The van der Waals surface area contributed by atoms with Crippen molar-refractivity contribution in [1.82, 2.24) is 18.3 Å². The Kier molecular flexibility index (Phi) is 7.82. The fraction of sp³-hybridized carbons (Fsp3) is 0.0820. The predicted octanol–water partition coefficient (Wildman–Crippen LogP) is 15.6. The van der Waals surface area contributed by atoms with Gasteiger partial charge in [0.05, 0.1) is 33.1 Å². The standard InChI is InChI=1S/C61H44N4/c1-39-22-33-51-48-14-6-11-21-58(48)65(59(51)36-39)45-32-35-53-50-16-5-8-18-55(50)63(61(53)38-45)43-29-25-41(26-30-43)40-23-27-42(28-24-40)62-54-17-7-4-15-49(54)52-34-31-44(37-60(52)62)64-56-19-9-2-12-46(56)47-13-3-10-20-57(47)64/h2-3,5-14,16-35,37-39H,4,15,36H2,1H3. The van der Waals surface area contributed by atoms with E-state index in [2.05, 4.69) is 231 Å². The van der Waals surface area contributed by atoms with Gasteiger partial charge in [0, 0.05) is 72.0 Å². The van der Waals surface area contributed by atoms with Gasteiger partial charge in [-0.2, -0.15) is 0 Å². The molecular weight excluding hydrogens is 789 g/mol. The summed E-state index contributed by atoms with van der Waals surface area (Å²) in [6.07, 6.45) is 12.5. The summed E-state index contributed by atoms with van der Waals surface area (Å²) in [5.74, 6) is 0.498. The first-order chi connectivity index (χ1) is 32.2. The smallest absolute Gasteiger partial charge is 0.0561 e. The van der Waals surface area contributed by atoms with Gasteiger partial charge in [-0.15, -0.1) is 0 Å². The second kappa shape index (κ2) is 14.0. The highest BCUT2D eigenvalue weighted by Crippen LogP contribution is 2.41. The Bertz CT molecular complexity index is 3920. The normalized spacial score (nSPS) is 14.7. The molecule has 0 aliphatic heterocycles. The van der Waals surface area contributed by atoms with E-state index in [0.29, 0.717) is 5.92 Å². The van der Waals surface area contributed by atoms with Gasteiger partial charge in [0.25, 0.3) is 0 Å². The van der Waals surface area contributed by atoms with Crippen LogP contribution in [0.3, 0.4) is 0 Å². The Morgan fingerprint density at radius 3 is 1.48 bits per heavy atom. The average molecular weight is 833 g/mol. The first kappa shape index (κ1) is 36.4. The molecule has 1 unspecified atom stereocenters. The number of para-hydroxylation sites is 4. The fourth-order valence-electron chi connectivity index (χ4n) is 11.5. The largest absolute Gasteiger partial charge is 0.313 e. The maximum Gasteiger partial charge on any atom is 0.0561 e. The third-order valence-electron chi connectivity index (χ3n) is 14.4. The van der Waals surface area contributed by atoms with Gasteiger partial charge < -0.3 is 18.3 Å². The lowest BCUT2D eigenvalue weighted by Crippen LogP contribution is -2.08. The molecule has 4 nitrogen and oxygen atoms in total. The van der Waals surface area contributed by atoms with Crippen LogP contribution in [0.4, 0.5) is 0 Å². The topological polar surface area (TPSA) is 19.7 Å². The summed E-state index contributed by atoms with van der Waals surface area (Å²) < 4.78 is 9.86. The number of benzene rings is 8. The molecule has 4 aromatic heterocycles. The van der Waals surface area contributed by atoms with Crippen LogP contribution in [0.1, 0.15) is 35.9 Å². The molecule has 2 aliphatic carbocycles. The Labute approximate surface area is 376 Å². The minimum atomic E-state index is 0.498. The van der Waals surface area contributed by atoms with Crippen molar-refractivity contribution >= 4 is 77.6 Å². The number of aryl methyl sites for hydroxylation is 1. The third kappa shape index (κ3) is 5.37. The molecule has 2 aliphatic rings. The molecule has 0 radical (unpaired) electrons. The maximum absolute atomic E-state index is 2.51. The fourth-order valence-corrected chi connectivity index (χ4v) is 11.5. The van der Waals surface area contributed by atoms with Crippen molar-refractivity contribution < 1.29 is 0 Å². The summed E-state index contributed by atoms with van der Waals surface area (Å²) >= 11 is 0. The highest BCUT2D eigenvalue weighted by Gasteiger charge is 2.23. The number of hydrogen-bond acceptors (Lipinski definition) is 0. The van der Waals surface area contributed by atoms with Crippen LogP contribution in [0, 0.1) is 5.92 Å². The molecule has 0 spiro atoms. The highest BCUT2D eigenvalue weighted by molar-refractivity contribution is 6.11. The van der Waals surface area contributed by atoms with Crippen LogP contribution in [0.15, 0.2) is 194 Å². The summed E-state index contributed by atoms with van der Waals surface area (Å²) in [6, 6.07) is 67.7. The van der Waals surface area contributed by atoms with Gasteiger partial charge in [-0.05, 0) is 121 Å². The van der Waals surface area contributed by atoms with E-state index in [0.717, 1.165) is 24.9 Å². The van der Waals surface area contributed by atoms with Crippen LogP contribution >= 0.6 is 0 Å². The van der Waals surface area contributed by atoms with E-state index in [9.17, 15) is 0 Å². The highest BCUT2D eigenvalue weighted by atomic mass is 15.0. The average Bonchev–Trinajstić information content (AvgIpc) is 4.08. The minimum absolute atomic E-state index is 0.498. The van der Waals surface area contributed by atoms with E-state index < -0.39 is 0 Å². The van der Waals surface area contributed by atoms with Gasteiger partial charge >= 0.3 is 0 Å². The van der Waals surface area contributed by atoms with E-state index in [1.807, 2.05) is 0 Å². The van der Waals surface area contributed by atoms with E-state index in [1.165, 1.54) is 116 Å². The molecule has 12 aromatic rings. The lowest BCUT2D eigenvalue weighted by Gasteiger charge is -2.17. The molecule has 14 rings (SSSR count). The molecule has 8 aromatic carbocycles. The summed E-state index contributed by atoms with van der Waals surface area (Å²) in [4.78, 5) is 0. The van der Waals surface area contributed by atoms with Crippen molar-refractivity contribution in [3.8, 4) is 33.9 Å². The molecule has 65 heavy (non-hydrogen) atoms. The molecule has 4 heterocycles. The molecule has 0 saturated carbocycles. The molecule has 4 heteroatoms. The first-order valence-electron chi connectivity index (χ1n) is 23.0. The third-order valence-corrected chi connectivity index (χ3v) is 14.4. The summed E-state index contributed by atoms with van der Waals surface area (Å²) in [5, 5.41) is 7.73. The van der Waals surface area contributed by atoms with Crippen LogP contribution in [0.25, 0.3) is 111 Å². The SMILES string of the molecule is CC1C=Cc2c(n(-c3ccc4c5ccccc5n(-c5ccc(-c6ccc(-n7c8c(c9ccc(-n%10c%11ccccc%11c%11ccccc%11%10)cc97)CCC=C8)cc6)cc5)c4c3)c3ccccc23)C1. The maximum atomic E-state index is 2.51. The molecule has 0 saturated heterocycles. The number of aromatic nitrogens is 4. The second-order valence-electron chi connectivity index (χ2n) is 18.1. The Morgan fingerprint density at radius 1 is 0.400 bits per heavy atom. The van der Waals surface area contributed by atoms with Crippen molar-refractivity contribution in [1.29, 1.82) is 0 Å². The van der Waals surface area contributed by atoms with E-state index >= 15 is 0 Å². The van der Waals surface area contributed by atoms with Crippen LogP contribution in [-0.4, -0.2) is 18.3 Å². The number of allylic oxidation sites excluding steroid dienone is 2. The van der Waals surface area contributed by atoms with Crippen LogP contribution < -0.4 is 0 Å². The Hall–Kier alpha value is -8.08. The molecule has 0 N–H and O–H groups in total. The Morgan fingerprint density at radius 2 is 0.862 bits per heavy atom. The zero-order chi connectivity index (χ0) is 42.8. The van der Waals surface area contributed by atoms with Gasteiger partial charge in [-0.3, -0.25) is 0 Å². The van der Waals surface area contributed by atoms with E-state index in [-0.39, 0.29) is 0 Å². The van der Waals surface area contributed by atoms with Gasteiger partial charge in [0.1, 0.15) is 0 Å². The van der Waals surface area contributed by atoms with Crippen LogP contribution in [0.2, 0.25) is 0 Å². The van der Waals surface area contributed by atoms with Gasteiger partial charge in [-0.25, -0.2) is 0 Å². The molecule has 0 amide bonds. The van der Waals surface area contributed by atoms with Crippen molar-refractivity contribution in [3.05, 3.63) is 217 Å². The molecule has 0 fully saturated rings. The van der Waals surface area contributed by atoms with Crippen LogP contribution in [-0.2, 0) is 12.8 Å². The Balaban J connectivity index is 0.854. The quantitative estimate of drug-likeness (QED) is 0.165. The van der Waals surface area contributed by atoms with Crippen molar-refractivity contribution in [2.24, 2.45) is 5.92 Å². The van der Waals surface area contributed by atoms with E-state index in [1.54, 1.807) is 0 Å². The van der Waals surface area contributed by atoms with Gasteiger partial charge in [-0.1, -0.05) is 134 Å². The monoisotopic (exact) mass is 832 g/mol. The summed E-state index contributed by atoms with van der Waals surface area (Å²) in [6.45, 7) is 2.32. The molecule has 1 atom stereocenters. The van der Waals surface area contributed by atoms with Gasteiger partial charge in [0.15, 0.2) is 0 Å². The second-order valence-corrected chi connectivity index (χ2v) is 18.1. The van der Waals surface area contributed by atoms with Gasteiger partial charge in [0.2, 0.25) is 0 Å². The van der Waals surface area contributed by atoms with Crippen LogP contribution in [0.5, 0.6) is 0 Å². The van der Waals surface area contributed by atoms with Crippen molar-refractivity contribution in [2.45, 2.75) is 26.2 Å². The lowest BCUT2D eigenvalue weighted by molar-refractivity contribution is 0.691. The summed E-state index contributed by atoms with van der Waals surface area (Å²) in [5.41, 5.74) is 19.9. The number of fused-ring (bicyclic) bond motifs is 12. The zero-order valence-corrected chi connectivity index (χ0v) is 36.1. The zero-order valence-electron chi connectivity index (χ0n) is 36.1. The molecule has 0 bridgehead atoms. The molecule has 308 valence electrons. The number of rotatable bonds is 5. The summed E-state index contributed by atoms with van der Waals surface area (Å²) in [7, 11) is 0. The predicted molar refractivity (Wildman–Crippen MR) is 273 cm³/mol. The van der Waals surface area contributed by atoms with Crippen molar-refractivity contribution in [3.63, 3.8) is 0 Å². The molecular formula is C61H44N4. The number of nitrogens with zero attached hydrogens (tertiary/aromatic N) is 4. The minimum Gasteiger partial charge on any atom is -0.313 e. The van der Waals surface area contributed by atoms with Crippen molar-refractivity contribution in [2.75, 3.05) is 0 Å².